The predicted octanol–water partition coefficient (Wildman–Crippen LogP) is 3.59. The minimum Gasteiger partial charge on any atom is -0.205 e. The van der Waals surface area contributed by atoms with Crippen molar-refractivity contribution in [3.05, 3.63) is 47.8 Å². The lowest BCUT2D eigenvalue weighted by molar-refractivity contribution is 0.628. The molecular formula is C9H10ClF. The molecule has 0 amide bonds. The van der Waals surface area contributed by atoms with E-state index in [9.17, 15) is 4.39 Å². The van der Waals surface area contributed by atoms with E-state index in [-0.39, 0.29) is 10.8 Å². The van der Waals surface area contributed by atoms with Gasteiger partial charge in [0.1, 0.15) is 5.82 Å². The van der Waals surface area contributed by atoms with E-state index < -0.39 is 0 Å². The maximum absolute atomic E-state index is 12.4. The van der Waals surface area contributed by atoms with Crippen LogP contribution in [0.2, 0.25) is 5.02 Å². The number of aryl methyl sites for hydroxylation is 1. The highest BCUT2D eigenvalue weighted by Gasteiger charge is 1.95. The Morgan fingerprint density at radius 2 is 1.91 bits per heavy atom. The monoisotopic (exact) mass is 172 g/mol. The molecule has 0 nitrogen and oxygen atoms in total. The highest BCUT2D eigenvalue weighted by atomic mass is 35.5. The van der Waals surface area contributed by atoms with Crippen LogP contribution < -0.4 is 0 Å². The second-order valence-electron chi connectivity index (χ2n) is 1.92. The zero-order chi connectivity index (χ0) is 8.85. The standard InChI is InChI=1S/C7H6ClF.C2H4/c1-5-2-3-7(9)6(8)4-5;1-2/h2-4H,1H3;1-2H2. The fraction of sp³-hybridized carbons (Fsp3) is 0.111. The SMILES string of the molecule is C=C.Cc1ccc(F)c(Cl)c1. The average molecular weight is 173 g/mol. The van der Waals surface area contributed by atoms with Crippen LogP contribution in [-0.2, 0) is 0 Å². The van der Waals surface area contributed by atoms with Crippen LogP contribution >= 0.6 is 11.6 Å². The third-order valence-electron chi connectivity index (χ3n) is 1.08. The molecule has 0 atom stereocenters. The number of halogens is 2. The molecule has 0 aliphatic carbocycles. The summed E-state index contributed by atoms with van der Waals surface area (Å²) in [6, 6.07) is 4.63. The quantitative estimate of drug-likeness (QED) is 0.525. The largest absolute Gasteiger partial charge is 0.205 e. The molecule has 2 heteroatoms. The van der Waals surface area contributed by atoms with Gasteiger partial charge in [-0.1, -0.05) is 17.7 Å². The third kappa shape index (κ3) is 3.19. The molecule has 1 rings (SSSR count). The van der Waals surface area contributed by atoms with Crippen LogP contribution in [0.25, 0.3) is 0 Å². The summed E-state index contributed by atoms with van der Waals surface area (Å²) in [6.45, 7) is 7.87. The van der Waals surface area contributed by atoms with Gasteiger partial charge >= 0.3 is 0 Å². The fourth-order valence-electron chi connectivity index (χ4n) is 0.601. The molecule has 0 spiro atoms. The van der Waals surface area contributed by atoms with Gasteiger partial charge in [-0.05, 0) is 24.6 Å². The molecule has 0 saturated carbocycles. The minimum atomic E-state index is -0.359. The van der Waals surface area contributed by atoms with Crippen molar-refractivity contribution >= 4 is 11.6 Å². The fourth-order valence-corrected chi connectivity index (χ4v) is 0.836. The number of benzene rings is 1. The summed E-state index contributed by atoms with van der Waals surface area (Å²) >= 11 is 5.44. The Balaban J connectivity index is 0.000000461. The molecule has 0 aliphatic rings. The van der Waals surface area contributed by atoms with Gasteiger partial charge in [0, 0.05) is 0 Å². The van der Waals surface area contributed by atoms with Crippen molar-refractivity contribution in [3.63, 3.8) is 0 Å². The van der Waals surface area contributed by atoms with Gasteiger partial charge in [-0.25, -0.2) is 4.39 Å². The third-order valence-corrected chi connectivity index (χ3v) is 1.36. The maximum atomic E-state index is 12.4. The van der Waals surface area contributed by atoms with Crippen LogP contribution in [0.15, 0.2) is 31.4 Å². The summed E-state index contributed by atoms with van der Waals surface area (Å²) in [5.74, 6) is -0.359. The highest BCUT2D eigenvalue weighted by Crippen LogP contribution is 2.14. The maximum Gasteiger partial charge on any atom is 0.141 e. The molecule has 0 heterocycles. The Labute approximate surface area is 71.3 Å². The molecule has 1 aromatic rings. The Hall–Kier alpha value is -0.820. The van der Waals surface area contributed by atoms with Crippen LogP contribution in [0.1, 0.15) is 5.56 Å². The number of hydrogen-bond acceptors (Lipinski definition) is 0. The van der Waals surface area contributed by atoms with Gasteiger partial charge in [0.2, 0.25) is 0 Å². The zero-order valence-corrected chi connectivity index (χ0v) is 7.16. The second kappa shape index (κ2) is 4.91. The van der Waals surface area contributed by atoms with E-state index in [1.807, 2.05) is 6.92 Å². The van der Waals surface area contributed by atoms with Crippen LogP contribution in [-0.4, -0.2) is 0 Å². The second-order valence-corrected chi connectivity index (χ2v) is 2.32. The number of hydrogen-bond donors (Lipinski definition) is 0. The smallest absolute Gasteiger partial charge is 0.141 e. The predicted molar refractivity (Wildman–Crippen MR) is 47.4 cm³/mol. The first-order chi connectivity index (χ1) is 5.20. The highest BCUT2D eigenvalue weighted by molar-refractivity contribution is 6.30. The van der Waals surface area contributed by atoms with Crippen molar-refractivity contribution in [2.45, 2.75) is 6.92 Å². The van der Waals surface area contributed by atoms with E-state index in [0.717, 1.165) is 5.56 Å². The van der Waals surface area contributed by atoms with Gasteiger partial charge < -0.3 is 0 Å². The van der Waals surface area contributed by atoms with Gasteiger partial charge in [-0.2, -0.15) is 0 Å². The minimum absolute atomic E-state index is 0.190. The molecular weight excluding hydrogens is 163 g/mol. The Bertz CT molecular complexity index is 233. The number of rotatable bonds is 0. The molecule has 0 fully saturated rings. The van der Waals surface area contributed by atoms with Gasteiger partial charge in [0.05, 0.1) is 5.02 Å². The van der Waals surface area contributed by atoms with Crippen LogP contribution in [0.5, 0.6) is 0 Å². The lowest BCUT2D eigenvalue weighted by Crippen LogP contribution is -1.76. The lowest BCUT2D eigenvalue weighted by Gasteiger charge is -1.93. The van der Waals surface area contributed by atoms with Gasteiger partial charge in [-0.3, -0.25) is 0 Å². The van der Waals surface area contributed by atoms with E-state index in [0.29, 0.717) is 0 Å². The Morgan fingerprint density at radius 3 is 2.27 bits per heavy atom. The molecule has 11 heavy (non-hydrogen) atoms. The van der Waals surface area contributed by atoms with Crippen LogP contribution in [0, 0.1) is 12.7 Å². The first-order valence-electron chi connectivity index (χ1n) is 3.12. The van der Waals surface area contributed by atoms with E-state index in [4.69, 9.17) is 11.6 Å². The topological polar surface area (TPSA) is 0 Å². The Morgan fingerprint density at radius 1 is 1.36 bits per heavy atom. The summed E-state index contributed by atoms with van der Waals surface area (Å²) in [7, 11) is 0. The molecule has 0 N–H and O–H groups in total. The van der Waals surface area contributed by atoms with Crippen molar-refractivity contribution < 1.29 is 4.39 Å². The molecule has 0 radical (unpaired) electrons. The molecule has 0 saturated heterocycles. The summed E-state index contributed by atoms with van der Waals surface area (Å²) < 4.78 is 12.4. The van der Waals surface area contributed by atoms with Crippen molar-refractivity contribution in [3.8, 4) is 0 Å². The lowest BCUT2D eigenvalue weighted by atomic mass is 10.2. The molecule has 0 aliphatic heterocycles. The Kier molecular flexibility index (Phi) is 4.55. The molecule has 0 bridgehead atoms. The van der Waals surface area contributed by atoms with Gasteiger partial charge in [-0.15, -0.1) is 13.2 Å². The summed E-state index contributed by atoms with van der Waals surface area (Å²) in [5.41, 5.74) is 0.974. The normalized spacial score (nSPS) is 8.27. The van der Waals surface area contributed by atoms with Gasteiger partial charge in [0.15, 0.2) is 0 Å². The van der Waals surface area contributed by atoms with E-state index in [1.165, 1.54) is 6.07 Å². The van der Waals surface area contributed by atoms with E-state index >= 15 is 0 Å². The van der Waals surface area contributed by atoms with E-state index in [2.05, 4.69) is 13.2 Å². The first-order valence-corrected chi connectivity index (χ1v) is 3.49. The molecule has 0 unspecified atom stereocenters. The van der Waals surface area contributed by atoms with Crippen molar-refractivity contribution in [1.82, 2.24) is 0 Å². The summed E-state index contributed by atoms with van der Waals surface area (Å²) in [6.07, 6.45) is 0. The summed E-state index contributed by atoms with van der Waals surface area (Å²) in [4.78, 5) is 0. The first kappa shape index (κ1) is 10.2. The van der Waals surface area contributed by atoms with Crippen LogP contribution in [0.4, 0.5) is 4.39 Å². The zero-order valence-electron chi connectivity index (χ0n) is 6.40. The molecule has 0 aromatic heterocycles. The average Bonchev–Trinajstić information content (AvgIpc) is 2.02. The molecule has 1 aromatic carbocycles. The van der Waals surface area contributed by atoms with E-state index in [1.54, 1.807) is 12.1 Å². The van der Waals surface area contributed by atoms with Crippen molar-refractivity contribution in [2.24, 2.45) is 0 Å². The summed E-state index contributed by atoms with van der Waals surface area (Å²) in [5, 5.41) is 0.190. The van der Waals surface area contributed by atoms with Gasteiger partial charge in [0.25, 0.3) is 0 Å². The van der Waals surface area contributed by atoms with Crippen LogP contribution in [0.3, 0.4) is 0 Å². The molecule has 60 valence electrons. The van der Waals surface area contributed by atoms with Crippen molar-refractivity contribution in [2.75, 3.05) is 0 Å². The van der Waals surface area contributed by atoms with Crippen molar-refractivity contribution in [1.29, 1.82) is 0 Å².